The van der Waals surface area contributed by atoms with Crippen LogP contribution in [0.3, 0.4) is 0 Å². The second-order valence-electron chi connectivity index (χ2n) is 6.89. The van der Waals surface area contributed by atoms with Crippen LogP contribution in [0.1, 0.15) is 5.56 Å². The van der Waals surface area contributed by atoms with Crippen molar-refractivity contribution in [3.63, 3.8) is 0 Å². The van der Waals surface area contributed by atoms with E-state index in [-0.39, 0.29) is 10.3 Å². The molecule has 5 nitrogen and oxygen atoms in total. The van der Waals surface area contributed by atoms with Crippen LogP contribution in [0.4, 0.5) is 0 Å². The molecule has 2 N–H and O–H groups in total. The number of para-hydroxylation sites is 1. The topological polar surface area (TPSA) is 90.4 Å². The Morgan fingerprint density at radius 2 is 1.60 bits per heavy atom. The lowest BCUT2D eigenvalue weighted by Gasteiger charge is -2.12. The molecule has 0 fully saturated rings. The van der Waals surface area contributed by atoms with E-state index in [4.69, 9.17) is 9.56 Å². The number of rotatable bonds is 4. The Morgan fingerprint density at radius 1 is 0.933 bits per heavy atom. The highest BCUT2D eigenvalue weighted by molar-refractivity contribution is 7.98. The molecule has 0 amide bonds. The molecule has 1 aromatic heterocycles. The molecule has 0 saturated heterocycles. The van der Waals surface area contributed by atoms with Crippen LogP contribution in [0.25, 0.3) is 33.4 Å². The summed E-state index contributed by atoms with van der Waals surface area (Å²) in [4.78, 5) is 14.6. The second-order valence-corrected chi connectivity index (χ2v) is 9.29. The third-order valence-electron chi connectivity index (χ3n) is 4.93. The Kier molecular flexibility index (Phi) is 5.27. The molecule has 3 aromatic carbocycles. The first-order chi connectivity index (χ1) is 14.3. The van der Waals surface area contributed by atoms with Crippen molar-refractivity contribution in [3.8, 4) is 22.5 Å². The number of aryl methyl sites for hydroxylation is 1. The Hall–Kier alpha value is -2.87. The minimum absolute atomic E-state index is 0.00361. The van der Waals surface area contributed by atoms with Crippen LogP contribution in [0.15, 0.2) is 85.7 Å². The van der Waals surface area contributed by atoms with Crippen LogP contribution in [-0.4, -0.2) is 14.7 Å². The number of thioether (sulfide) groups is 1. The van der Waals surface area contributed by atoms with Crippen molar-refractivity contribution in [2.24, 2.45) is 5.14 Å². The van der Waals surface area contributed by atoms with Gasteiger partial charge in [-0.1, -0.05) is 24.3 Å². The number of nitrogens with two attached hydrogens (primary N) is 1. The molecule has 1 heterocycles. The molecule has 0 radical (unpaired) electrons. The highest BCUT2D eigenvalue weighted by Crippen LogP contribution is 2.34. The molecule has 0 atom stereocenters. The van der Waals surface area contributed by atoms with Gasteiger partial charge in [-0.15, -0.1) is 11.8 Å². The van der Waals surface area contributed by atoms with Gasteiger partial charge in [-0.05, 0) is 66.8 Å². The zero-order chi connectivity index (χ0) is 21.5. The fourth-order valence-electron chi connectivity index (χ4n) is 3.44. The molecule has 0 bridgehead atoms. The van der Waals surface area contributed by atoms with Crippen molar-refractivity contribution >= 4 is 32.8 Å². The average molecular weight is 438 g/mol. The van der Waals surface area contributed by atoms with Gasteiger partial charge in [0.15, 0.2) is 0 Å². The van der Waals surface area contributed by atoms with Crippen LogP contribution in [0.5, 0.6) is 0 Å². The van der Waals surface area contributed by atoms with Crippen LogP contribution >= 0.6 is 11.8 Å². The van der Waals surface area contributed by atoms with Gasteiger partial charge in [0, 0.05) is 10.5 Å². The molecule has 7 heteroatoms. The molecule has 152 valence electrons. The van der Waals surface area contributed by atoms with E-state index in [9.17, 15) is 13.2 Å². The van der Waals surface area contributed by atoms with Gasteiger partial charge in [-0.25, -0.2) is 13.6 Å². The van der Waals surface area contributed by atoms with E-state index in [1.54, 1.807) is 48.2 Å². The average Bonchev–Trinajstić information content (AvgIpc) is 2.73. The van der Waals surface area contributed by atoms with Crippen molar-refractivity contribution in [1.29, 1.82) is 0 Å². The first-order valence-electron chi connectivity index (χ1n) is 9.13. The lowest BCUT2D eigenvalue weighted by atomic mass is 9.97. The molecule has 4 rings (SSSR count). The van der Waals surface area contributed by atoms with E-state index in [2.05, 4.69) is 0 Å². The zero-order valence-corrected chi connectivity index (χ0v) is 18.0. The summed E-state index contributed by atoms with van der Waals surface area (Å²) < 4.78 is 29.3. The number of benzene rings is 3. The zero-order valence-electron chi connectivity index (χ0n) is 16.4. The van der Waals surface area contributed by atoms with Crippen molar-refractivity contribution in [3.05, 3.63) is 82.5 Å². The van der Waals surface area contributed by atoms with Gasteiger partial charge in [0.05, 0.1) is 15.8 Å². The Morgan fingerprint density at radius 3 is 2.23 bits per heavy atom. The van der Waals surface area contributed by atoms with Crippen molar-refractivity contribution in [1.82, 2.24) is 0 Å². The smallest absolute Gasteiger partial charge is 0.238 e. The third-order valence-corrected chi connectivity index (χ3v) is 6.75. The fourth-order valence-corrected chi connectivity index (χ4v) is 4.54. The predicted molar refractivity (Wildman–Crippen MR) is 121 cm³/mol. The van der Waals surface area contributed by atoms with Gasteiger partial charge >= 0.3 is 0 Å². The fraction of sp³-hybridized carbons (Fsp3) is 0.0870. The van der Waals surface area contributed by atoms with Crippen molar-refractivity contribution in [2.45, 2.75) is 16.7 Å². The van der Waals surface area contributed by atoms with E-state index in [0.29, 0.717) is 27.9 Å². The molecular formula is C23H19NO4S2. The summed E-state index contributed by atoms with van der Waals surface area (Å²) in [5, 5.41) is 5.70. The molecule has 4 aromatic rings. The summed E-state index contributed by atoms with van der Waals surface area (Å²) in [6, 6.07) is 18.9. The number of sulfonamides is 1. The number of fused-ring (bicyclic) bond motifs is 1. The van der Waals surface area contributed by atoms with Crippen LogP contribution in [-0.2, 0) is 10.0 Å². The standard InChI is InChI=1S/C23H19NO4S2/c1-14-13-16(9-12-20(14)29-2)21-22(25)18-5-3-4-6-19(18)28-23(21)15-7-10-17(11-8-15)30(24,26)27/h3-13H,1-2H3,(H2,24,26,27). The molecule has 30 heavy (non-hydrogen) atoms. The van der Waals surface area contributed by atoms with Gasteiger partial charge in [0.25, 0.3) is 0 Å². The van der Waals surface area contributed by atoms with Crippen molar-refractivity contribution in [2.75, 3.05) is 6.26 Å². The highest BCUT2D eigenvalue weighted by atomic mass is 32.2. The summed E-state index contributed by atoms with van der Waals surface area (Å²) in [7, 11) is -3.81. The summed E-state index contributed by atoms with van der Waals surface area (Å²) in [5.41, 5.74) is 3.16. The third kappa shape index (κ3) is 3.67. The molecule has 0 unspecified atom stereocenters. The van der Waals surface area contributed by atoms with Crippen LogP contribution < -0.4 is 10.6 Å². The largest absolute Gasteiger partial charge is 0.455 e. The van der Waals surface area contributed by atoms with E-state index >= 15 is 0 Å². The van der Waals surface area contributed by atoms with E-state index in [0.717, 1.165) is 16.0 Å². The molecular weight excluding hydrogens is 418 g/mol. The van der Waals surface area contributed by atoms with Crippen molar-refractivity contribution < 1.29 is 12.8 Å². The summed E-state index contributed by atoms with van der Waals surface area (Å²) in [6.45, 7) is 2.00. The molecule has 0 aliphatic carbocycles. The highest BCUT2D eigenvalue weighted by Gasteiger charge is 2.19. The van der Waals surface area contributed by atoms with E-state index in [1.807, 2.05) is 31.4 Å². The number of primary sulfonamides is 1. The molecule has 0 saturated carbocycles. The van der Waals surface area contributed by atoms with Gasteiger partial charge in [-0.3, -0.25) is 4.79 Å². The van der Waals surface area contributed by atoms with E-state index in [1.165, 1.54) is 12.1 Å². The Bertz CT molecular complexity index is 1420. The first-order valence-corrected chi connectivity index (χ1v) is 11.9. The monoisotopic (exact) mass is 437 g/mol. The van der Waals surface area contributed by atoms with Crippen LogP contribution in [0.2, 0.25) is 0 Å². The second kappa shape index (κ2) is 7.75. The van der Waals surface area contributed by atoms with Gasteiger partial charge in [0.2, 0.25) is 15.5 Å². The first kappa shape index (κ1) is 20.4. The van der Waals surface area contributed by atoms with Gasteiger partial charge in [-0.2, -0.15) is 0 Å². The summed E-state index contributed by atoms with van der Waals surface area (Å²) in [5.74, 6) is 0.385. The predicted octanol–water partition coefficient (Wildman–Crippen LogP) is 4.80. The Labute approximate surface area is 178 Å². The maximum absolute atomic E-state index is 13.4. The van der Waals surface area contributed by atoms with Gasteiger partial charge in [0.1, 0.15) is 11.3 Å². The summed E-state index contributed by atoms with van der Waals surface area (Å²) >= 11 is 1.64. The Balaban J connectivity index is 2.02. The maximum atomic E-state index is 13.4. The molecule has 0 aliphatic heterocycles. The van der Waals surface area contributed by atoms with Gasteiger partial charge < -0.3 is 4.42 Å². The number of hydrogen-bond donors (Lipinski definition) is 1. The quantitative estimate of drug-likeness (QED) is 0.463. The number of hydrogen-bond acceptors (Lipinski definition) is 5. The summed E-state index contributed by atoms with van der Waals surface area (Å²) in [6.07, 6.45) is 2.00. The minimum Gasteiger partial charge on any atom is -0.455 e. The molecule has 0 spiro atoms. The maximum Gasteiger partial charge on any atom is 0.238 e. The van der Waals surface area contributed by atoms with E-state index < -0.39 is 10.0 Å². The SMILES string of the molecule is CSc1ccc(-c2c(-c3ccc(S(N)(=O)=O)cc3)oc3ccccc3c2=O)cc1C. The molecule has 0 aliphatic rings. The lowest BCUT2D eigenvalue weighted by molar-refractivity contribution is 0.597. The normalized spacial score (nSPS) is 11.7. The van der Waals surface area contributed by atoms with Crippen LogP contribution in [0, 0.1) is 6.92 Å². The minimum atomic E-state index is -3.81. The lowest BCUT2D eigenvalue weighted by Crippen LogP contribution is -2.12.